The Bertz CT molecular complexity index is 1030. The summed E-state index contributed by atoms with van der Waals surface area (Å²) in [5.41, 5.74) is 4.57. The van der Waals surface area contributed by atoms with E-state index in [1.54, 1.807) is 29.8 Å². The number of amides is 1. The third kappa shape index (κ3) is 4.33. The molecule has 8 heteroatoms. The van der Waals surface area contributed by atoms with E-state index in [1.807, 2.05) is 5.38 Å². The number of nitrogens with zero attached hydrogens (tertiary/aromatic N) is 1. The maximum absolute atomic E-state index is 12.9. The molecule has 2 heterocycles. The second-order valence-corrected chi connectivity index (χ2v) is 8.48. The van der Waals surface area contributed by atoms with Crippen LogP contribution in [0.1, 0.15) is 49.7 Å². The van der Waals surface area contributed by atoms with Crippen molar-refractivity contribution in [2.75, 3.05) is 12.4 Å². The van der Waals surface area contributed by atoms with Gasteiger partial charge in [-0.25, -0.2) is 9.78 Å². The number of benzene rings is 1. The molecule has 0 bridgehead atoms. The minimum absolute atomic E-state index is 0.284. The monoisotopic (exact) mass is 428 g/mol. The first kappa shape index (κ1) is 19.6. The van der Waals surface area contributed by atoms with Gasteiger partial charge in [-0.2, -0.15) is 0 Å². The van der Waals surface area contributed by atoms with E-state index in [2.05, 4.69) is 10.3 Å². The highest BCUT2D eigenvalue weighted by Gasteiger charge is 2.27. The summed E-state index contributed by atoms with van der Waals surface area (Å²) in [7, 11) is 1.37. The number of rotatable bonds is 6. The number of fused-ring (bicyclic) bond motifs is 1. The van der Waals surface area contributed by atoms with Gasteiger partial charge in [0.25, 0.3) is 5.91 Å². The highest BCUT2D eigenvalue weighted by Crippen LogP contribution is 2.38. The summed E-state index contributed by atoms with van der Waals surface area (Å²) < 4.78 is 10.7. The van der Waals surface area contributed by atoms with Crippen LogP contribution in [0.25, 0.3) is 0 Å². The minimum atomic E-state index is -0.403. The van der Waals surface area contributed by atoms with Crippen LogP contribution in [-0.2, 0) is 24.2 Å². The number of hydrogen-bond donors (Lipinski definition) is 1. The number of carbonyl (C=O) groups excluding carboxylic acids is 2. The van der Waals surface area contributed by atoms with Crippen molar-refractivity contribution in [3.8, 4) is 5.75 Å². The van der Waals surface area contributed by atoms with Crippen molar-refractivity contribution in [1.82, 2.24) is 4.98 Å². The Hall–Kier alpha value is -2.71. The van der Waals surface area contributed by atoms with Gasteiger partial charge in [-0.1, -0.05) is 6.07 Å². The molecule has 150 valence electrons. The molecule has 29 heavy (non-hydrogen) atoms. The lowest BCUT2D eigenvalue weighted by atomic mass is 9.95. The Morgan fingerprint density at radius 1 is 1.24 bits per heavy atom. The first-order valence-electron chi connectivity index (χ1n) is 9.30. The Labute approximate surface area is 176 Å². The van der Waals surface area contributed by atoms with Crippen LogP contribution in [0.2, 0.25) is 0 Å². The Kier molecular flexibility index (Phi) is 5.92. The average Bonchev–Trinajstić information content (AvgIpc) is 3.39. The number of ether oxygens (including phenoxy) is 2. The maximum Gasteiger partial charge on any atom is 0.341 e. The topological polar surface area (TPSA) is 77.5 Å². The van der Waals surface area contributed by atoms with Crippen LogP contribution in [0.15, 0.2) is 35.2 Å². The Balaban J connectivity index is 1.53. The number of anilines is 1. The number of thiazole rings is 1. The minimum Gasteiger partial charge on any atom is -0.487 e. The molecular formula is C21H20N2O4S2. The van der Waals surface area contributed by atoms with E-state index >= 15 is 0 Å². The smallest absolute Gasteiger partial charge is 0.341 e. The standard InChI is InChI=1S/C21H20N2O4S2/c1-26-21(25)18-16-7-2-3-8-17(16)29-20(18)23-19(24)13-5-4-6-15(9-13)27-10-14-11-28-12-22-14/h4-6,9,11-12H,2-3,7-8,10H2,1H3,(H,23,24). The number of methoxy groups -OCH3 is 1. The normalized spacial score (nSPS) is 12.9. The molecule has 0 fully saturated rings. The van der Waals surface area contributed by atoms with Crippen LogP contribution in [0.3, 0.4) is 0 Å². The second-order valence-electron chi connectivity index (χ2n) is 6.66. The van der Waals surface area contributed by atoms with Crippen molar-refractivity contribution in [3.63, 3.8) is 0 Å². The largest absolute Gasteiger partial charge is 0.487 e. The molecule has 0 unspecified atom stereocenters. The molecule has 0 spiro atoms. The summed E-state index contributed by atoms with van der Waals surface area (Å²) in [6.07, 6.45) is 3.91. The molecule has 1 aromatic carbocycles. The summed E-state index contributed by atoms with van der Waals surface area (Å²) in [5.74, 6) is -0.0998. The number of thiophene rings is 1. The third-order valence-electron chi connectivity index (χ3n) is 4.75. The number of carbonyl (C=O) groups is 2. The molecule has 1 amide bonds. The van der Waals surface area contributed by atoms with Gasteiger partial charge in [0.05, 0.1) is 23.9 Å². The molecule has 1 aliphatic rings. The lowest BCUT2D eigenvalue weighted by Gasteiger charge is -2.12. The van der Waals surface area contributed by atoms with Crippen LogP contribution in [0.5, 0.6) is 5.75 Å². The van der Waals surface area contributed by atoms with Gasteiger partial charge >= 0.3 is 5.97 Å². The number of nitrogens with one attached hydrogen (secondary N) is 1. The SMILES string of the molecule is COC(=O)c1c(NC(=O)c2cccc(OCc3cscn3)c2)sc2c1CCCC2. The van der Waals surface area contributed by atoms with Gasteiger partial charge in [0.15, 0.2) is 0 Å². The summed E-state index contributed by atoms with van der Waals surface area (Å²) >= 11 is 2.98. The number of aromatic nitrogens is 1. The second kappa shape index (κ2) is 8.75. The number of hydrogen-bond acceptors (Lipinski definition) is 7. The van der Waals surface area contributed by atoms with Gasteiger partial charge in [-0.05, 0) is 49.4 Å². The molecule has 0 radical (unpaired) electrons. The van der Waals surface area contributed by atoms with E-state index in [4.69, 9.17) is 9.47 Å². The fourth-order valence-corrected chi connectivity index (χ4v) is 5.16. The quantitative estimate of drug-likeness (QED) is 0.576. The summed E-state index contributed by atoms with van der Waals surface area (Å²) in [6.45, 7) is 0.346. The third-order valence-corrected chi connectivity index (χ3v) is 6.60. The average molecular weight is 429 g/mol. The van der Waals surface area contributed by atoms with Crippen LogP contribution in [0, 0.1) is 0 Å². The molecule has 6 nitrogen and oxygen atoms in total. The predicted molar refractivity (Wildman–Crippen MR) is 113 cm³/mol. The summed E-state index contributed by atoms with van der Waals surface area (Å²) in [5, 5.41) is 5.39. The molecule has 1 N–H and O–H groups in total. The fourth-order valence-electron chi connectivity index (χ4n) is 3.34. The van der Waals surface area contributed by atoms with Crippen molar-refractivity contribution in [2.45, 2.75) is 32.3 Å². The van der Waals surface area contributed by atoms with Gasteiger partial charge < -0.3 is 14.8 Å². The highest BCUT2D eigenvalue weighted by atomic mass is 32.1. The van der Waals surface area contributed by atoms with Crippen molar-refractivity contribution >= 4 is 39.6 Å². The van der Waals surface area contributed by atoms with Crippen LogP contribution in [-0.4, -0.2) is 24.0 Å². The summed E-state index contributed by atoms with van der Waals surface area (Å²) in [4.78, 5) is 30.5. The van der Waals surface area contributed by atoms with Crippen LogP contribution < -0.4 is 10.1 Å². The maximum atomic E-state index is 12.9. The summed E-state index contributed by atoms with van der Waals surface area (Å²) in [6, 6.07) is 6.97. The van der Waals surface area contributed by atoms with E-state index < -0.39 is 5.97 Å². The molecule has 2 aromatic heterocycles. The molecular weight excluding hydrogens is 408 g/mol. The lowest BCUT2D eigenvalue weighted by Crippen LogP contribution is -2.15. The van der Waals surface area contributed by atoms with Crippen molar-refractivity contribution in [2.24, 2.45) is 0 Å². The first-order valence-corrected chi connectivity index (χ1v) is 11.1. The van der Waals surface area contributed by atoms with Crippen molar-refractivity contribution in [3.05, 3.63) is 62.4 Å². The van der Waals surface area contributed by atoms with Gasteiger partial charge in [0.2, 0.25) is 0 Å². The Morgan fingerprint density at radius 3 is 2.90 bits per heavy atom. The van der Waals surface area contributed by atoms with E-state index in [0.717, 1.165) is 41.8 Å². The van der Waals surface area contributed by atoms with E-state index in [-0.39, 0.29) is 5.91 Å². The molecule has 0 aliphatic heterocycles. The van der Waals surface area contributed by atoms with Gasteiger partial charge in [-0.3, -0.25) is 4.79 Å². The molecule has 4 rings (SSSR count). The van der Waals surface area contributed by atoms with Gasteiger partial charge in [0, 0.05) is 15.8 Å². The molecule has 0 saturated heterocycles. The molecule has 1 aliphatic carbocycles. The zero-order valence-electron chi connectivity index (χ0n) is 15.9. The van der Waals surface area contributed by atoms with Gasteiger partial charge in [0.1, 0.15) is 17.4 Å². The fraction of sp³-hybridized carbons (Fsp3) is 0.286. The van der Waals surface area contributed by atoms with Crippen molar-refractivity contribution < 1.29 is 19.1 Å². The lowest BCUT2D eigenvalue weighted by molar-refractivity contribution is 0.0601. The zero-order chi connectivity index (χ0) is 20.2. The van der Waals surface area contributed by atoms with E-state index in [1.165, 1.54) is 29.8 Å². The van der Waals surface area contributed by atoms with Crippen LogP contribution in [0.4, 0.5) is 5.00 Å². The molecule has 0 saturated carbocycles. The van der Waals surface area contributed by atoms with E-state index in [0.29, 0.717) is 28.5 Å². The number of aryl methyl sites for hydroxylation is 1. The Morgan fingerprint density at radius 2 is 2.10 bits per heavy atom. The zero-order valence-corrected chi connectivity index (χ0v) is 17.5. The molecule has 3 aromatic rings. The van der Waals surface area contributed by atoms with Gasteiger partial charge in [-0.15, -0.1) is 22.7 Å². The van der Waals surface area contributed by atoms with Crippen LogP contribution >= 0.6 is 22.7 Å². The molecule has 0 atom stereocenters. The highest BCUT2D eigenvalue weighted by molar-refractivity contribution is 7.17. The van der Waals surface area contributed by atoms with E-state index in [9.17, 15) is 9.59 Å². The number of esters is 1. The predicted octanol–water partition coefficient (Wildman–Crippen LogP) is 4.70. The van der Waals surface area contributed by atoms with Crippen molar-refractivity contribution in [1.29, 1.82) is 0 Å². The first-order chi connectivity index (χ1) is 14.2.